The Kier molecular flexibility index (Phi) is 9.46. The second-order valence-electron chi connectivity index (χ2n) is 2.45. The molecule has 0 aliphatic carbocycles. The third-order valence-corrected chi connectivity index (χ3v) is 2.20. The zero-order chi connectivity index (χ0) is 8.04. The van der Waals surface area contributed by atoms with E-state index in [1.807, 2.05) is 0 Å². The normalized spacial score (nSPS) is 10.8. The molecule has 0 heterocycles. The summed E-state index contributed by atoms with van der Waals surface area (Å²) in [6, 6.07) is 0. The first kappa shape index (κ1) is 14.2. The van der Waals surface area contributed by atoms with Gasteiger partial charge in [-0.3, -0.25) is 4.57 Å². The van der Waals surface area contributed by atoms with Crippen LogP contribution in [0.2, 0.25) is 0 Å². The fourth-order valence-electron chi connectivity index (χ4n) is 0.745. The van der Waals surface area contributed by atoms with Crippen LogP contribution in [0.3, 0.4) is 0 Å². The molecule has 11 heavy (non-hydrogen) atoms. The SMILES string of the molecule is CCCCCCP(=O)(O)O.[Cu]. The van der Waals surface area contributed by atoms with E-state index >= 15 is 0 Å². The van der Waals surface area contributed by atoms with Gasteiger partial charge < -0.3 is 9.79 Å². The molecule has 0 spiro atoms. The molecule has 73 valence electrons. The molecule has 2 N–H and O–H groups in total. The van der Waals surface area contributed by atoms with Gasteiger partial charge in [-0.25, -0.2) is 0 Å². The minimum Gasteiger partial charge on any atom is -0.324 e. The Morgan fingerprint density at radius 2 is 1.73 bits per heavy atom. The van der Waals surface area contributed by atoms with Crippen molar-refractivity contribution >= 4 is 7.60 Å². The van der Waals surface area contributed by atoms with Crippen LogP contribution in [-0.2, 0) is 21.6 Å². The Morgan fingerprint density at radius 3 is 2.09 bits per heavy atom. The fraction of sp³-hybridized carbons (Fsp3) is 1.00. The minimum atomic E-state index is -3.71. The summed E-state index contributed by atoms with van der Waals surface area (Å²) in [6.07, 6.45) is 3.80. The molecule has 0 amide bonds. The Bertz CT molecular complexity index is 123. The first-order chi connectivity index (χ1) is 4.56. The van der Waals surface area contributed by atoms with E-state index in [9.17, 15) is 4.57 Å². The zero-order valence-corrected chi connectivity index (χ0v) is 8.42. The van der Waals surface area contributed by atoms with Gasteiger partial charge in [0.05, 0.1) is 0 Å². The van der Waals surface area contributed by atoms with Crippen LogP contribution in [0, 0.1) is 0 Å². The molecular weight excluding hydrogens is 215 g/mol. The molecule has 5 heteroatoms. The monoisotopic (exact) mass is 229 g/mol. The first-order valence-electron chi connectivity index (χ1n) is 3.61. The van der Waals surface area contributed by atoms with Gasteiger partial charge in [0.15, 0.2) is 0 Å². The standard InChI is InChI=1S/C6H15O3P.Cu/c1-2-3-4-5-6-10(7,8)9;/h2-6H2,1H3,(H2,7,8,9);. The molecule has 0 bridgehead atoms. The first-order valence-corrected chi connectivity index (χ1v) is 5.40. The maximum absolute atomic E-state index is 10.3. The average molecular weight is 230 g/mol. The molecule has 0 aromatic heterocycles. The second kappa shape index (κ2) is 7.33. The molecular formula is C6H15CuO3P. The van der Waals surface area contributed by atoms with E-state index in [0.717, 1.165) is 19.3 Å². The Hall–Kier alpha value is 0.669. The van der Waals surface area contributed by atoms with Crippen molar-refractivity contribution in [1.82, 2.24) is 0 Å². The van der Waals surface area contributed by atoms with Gasteiger partial charge in [-0.2, -0.15) is 0 Å². The fourth-order valence-corrected chi connectivity index (χ4v) is 1.38. The molecule has 0 aromatic rings. The summed E-state index contributed by atoms with van der Waals surface area (Å²) in [5.74, 6) is 0. The maximum Gasteiger partial charge on any atom is 0.325 e. The van der Waals surface area contributed by atoms with Gasteiger partial charge in [-0.05, 0) is 6.42 Å². The van der Waals surface area contributed by atoms with Crippen LogP contribution in [0.1, 0.15) is 32.6 Å². The summed E-state index contributed by atoms with van der Waals surface area (Å²) in [5.41, 5.74) is 0. The summed E-state index contributed by atoms with van der Waals surface area (Å²) < 4.78 is 10.3. The summed E-state index contributed by atoms with van der Waals surface area (Å²) in [7, 11) is -3.71. The van der Waals surface area contributed by atoms with Gasteiger partial charge in [0.2, 0.25) is 0 Å². The quantitative estimate of drug-likeness (QED) is 0.429. The summed E-state index contributed by atoms with van der Waals surface area (Å²) in [4.78, 5) is 16.9. The van der Waals surface area contributed by atoms with Crippen molar-refractivity contribution in [2.24, 2.45) is 0 Å². The van der Waals surface area contributed by atoms with Crippen molar-refractivity contribution in [1.29, 1.82) is 0 Å². The van der Waals surface area contributed by atoms with Gasteiger partial charge in [-0.1, -0.05) is 26.2 Å². The van der Waals surface area contributed by atoms with Crippen LogP contribution >= 0.6 is 7.60 Å². The van der Waals surface area contributed by atoms with E-state index in [-0.39, 0.29) is 23.2 Å². The molecule has 0 atom stereocenters. The predicted molar refractivity (Wildman–Crippen MR) is 41.1 cm³/mol. The summed E-state index contributed by atoms with van der Waals surface area (Å²) in [5, 5.41) is 0. The Morgan fingerprint density at radius 1 is 1.18 bits per heavy atom. The van der Waals surface area contributed by atoms with Crippen molar-refractivity contribution in [2.45, 2.75) is 32.6 Å². The molecule has 0 fully saturated rings. The third-order valence-electron chi connectivity index (χ3n) is 1.30. The number of rotatable bonds is 5. The van der Waals surface area contributed by atoms with Crippen molar-refractivity contribution in [2.75, 3.05) is 6.16 Å². The minimum absolute atomic E-state index is 0. The maximum atomic E-state index is 10.3. The van der Waals surface area contributed by atoms with E-state index in [2.05, 4.69) is 6.92 Å². The largest absolute Gasteiger partial charge is 0.325 e. The summed E-state index contributed by atoms with van der Waals surface area (Å²) in [6.45, 7) is 2.07. The molecule has 0 aliphatic heterocycles. The van der Waals surface area contributed by atoms with Crippen molar-refractivity contribution < 1.29 is 31.4 Å². The molecule has 0 saturated heterocycles. The van der Waals surface area contributed by atoms with E-state index < -0.39 is 7.60 Å². The Balaban J connectivity index is 0. The van der Waals surface area contributed by atoms with Crippen LogP contribution < -0.4 is 0 Å². The smallest absolute Gasteiger partial charge is 0.324 e. The number of hydrogen-bond acceptors (Lipinski definition) is 1. The van der Waals surface area contributed by atoms with E-state index in [1.54, 1.807) is 0 Å². The molecule has 0 unspecified atom stereocenters. The van der Waals surface area contributed by atoms with Crippen molar-refractivity contribution in [3.8, 4) is 0 Å². The van der Waals surface area contributed by atoms with Crippen LogP contribution in [0.5, 0.6) is 0 Å². The topological polar surface area (TPSA) is 57.5 Å². The van der Waals surface area contributed by atoms with Crippen LogP contribution in [0.4, 0.5) is 0 Å². The van der Waals surface area contributed by atoms with Crippen LogP contribution in [-0.4, -0.2) is 15.9 Å². The predicted octanol–water partition coefficient (Wildman–Crippen LogP) is 1.74. The zero-order valence-electron chi connectivity index (χ0n) is 6.59. The van der Waals surface area contributed by atoms with Gasteiger partial charge in [0.1, 0.15) is 0 Å². The van der Waals surface area contributed by atoms with Gasteiger partial charge in [0, 0.05) is 23.2 Å². The van der Waals surface area contributed by atoms with E-state index in [1.165, 1.54) is 0 Å². The molecule has 3 nitrogen and oxygen atoms in total. The molecule has 0 aliphatic rings. The Labute approximate surface area is 78.2 Å². The van der Waals surface area contributed by atoms with Crippen LogP contribution in [0.15, 0.2) is 0 Å². The molecule has 1 radical (unpaired) electrons. The average Bonchev–Trinajstić information content (AvgIpc) is 1.78. The molecule has 0 rings (SSSR count). The van der Waals surface area contributed by atoms with Gasteiger partial charge in [-0.15, -0.1) is 0 Å². The van der Waals surface area contributed by atoms with Gasteiger partial charge in [0.25, 0.3) is 0 Å². The third kappa shape index (κ3) is 13.6. The van der Waals surface area contributed by atoms with Crippen molar-refractivity contribution in [3.05, 3.63) is 0 Å². The van der Waals surface area contributed by atoms with Crippen molar-refractivity contribution in [3.63, 3.8) is 0 Å². The van der Waals surface area contributed by atoms with Gasteiger partial charge >= 0.3 is 7.60 Å². The second-order valence-corrected chi connectivity index (χ2v) is 4.23. The molecule has 0 saturated carbocycles. The van der Waals surface area contributed by atoms with Crippen LogP contribution in [0.25, 0.3) is 0 Å². The van der Waals surface area contributed by atoms with E-state index in [4.69, 9.17) is 9.79 Å². The number of hydrogen-bond donors (Lipinski definition) is 2. The molecule has 0 aromatic carbocycles. The number of unbranched alkanes of at least 4 members (excludes halogenated alkanes) is 3. The summed E-state index contributed by atoms with van der Waals surface area (Å²) >= 11 is 0. The van der Waals surface area contributed by atoms with E-state index in [0.29, 0.717) is 6.42 Å².